The highest BCUT2D eigenvalue weighted by Gasteiger charge is 2.39. The van der Waals surface area contributed by atoms with Crippen LogP contribution in [0.2, 0.25) is 0 Å². The molecule has 2 heterocycles. The van der Waals surface area contributed by atoms with Crippen molar-refractivity contribution in [2.24, 2.45) is 0 Å². The molecule has 1 amide bonds. The van der Waals surface area contributed by atoms with Crippen LogP contribution in [0.25, 0.3) is 0 Å². The normalized spacial score (nSPS) is 30.5. The van der Waals surface area contributed by atoms with E-state index in [-0.39, 0.29) is 11.9 Å². The van der Waals surface area contributed by atoms with Gasteiger partial charge in [-0.15, -0.1) is 0 Å². The molecule has 0 radical (unpaired) electrons. The summed E-state index contributed by atoms with van der Waals surface area (Å²) in [5.74, 6) is -0.459. The SMILES string of the molecule is O=C([C@@H]1CNCCN1)N1CCC[C@H]1B(O)O. The van der Waals surface area contributed by atoms with Gasteiger partial charge in [0.25, 0.3) is 0 Å². The van der Waals surface area contributed by atoms with E-state index in [1.54, 1.807) is 4.90 Å². The topological polar surface area (TPSA) is 84.8 Å². The van der Waals surface area contributed by atoms with Crippen molar-refractivity contribution in [1.82, 2.24) is 15.5 Å². The average Bonchev–Trinajstić information content (AvgIpc) is 2.78. The molecule has 0 unspecified atom stereocenters. The maximum atomic E-state index is 12.1. The molecule has 0 aromatic heterocycles. The first kappa shape index (κ1) is 11.8. The van der Waals surface area contributed by atoms with E-state index in [2.05, 4.69) is 10.6 Å². The number of rotatable bonds is 2. The van der Waals surface area contributed by atoms with Gasteiger partial charge in [-0.05, 0) is 12.8 Å². The van der Waals surface area contributed by atoms with Crippen molar-refractivity contribution < 1.29 is 14.8 Å². The van der Waals surface area contributed by atoms with Gasteiger partial charge in [0.2, 0.25) is 5.91 Å². The monoisotopic (exact) mass is 227 g/mol. The fourth-order valence-electron chi connectivity index (χ4n) is 2.40. The summed E-state index contributed by atoms with van der Waals surface area (Å²) in [5, 5.41) is 24.7. The fourth-order valence-corrected chi connectivity index (χ4v) is 2.40. The lowest BCUT2D eigenvalue weighted by Crippen LogP contribution is -2.59. The minimum absolute atomic E-state index is 0.0252. The van der Waals surface area contributed by atoms with E-state index in [1.807, 2.05) is 0 Å². The number of hydrogen-bond acceptors (Lipinski definition) is 5. The molecule has 2 aliphatic rings. The highest BCUT2D eigenvalue weighted by molar-refractivity contribution is 6.43. The molecule has 0 aliphatic carbocycles. The Hall–Kier alpha value is -0.625. The second-order valence-corrected chi connectivity index (χ2v) is 4.37. The summed E-state index contributed by atoms with van der Waals surface area (Å²) < 4.78 is 0. The van der Waals surface area contributed by atoms with E-state index in [0.717, 1.165) is 19.5 Å². The molecule has 2 saturated heterocycles. The number of amides is 1. The molecule has 2 aliphatic heterocycles. The van der Waals surface area contributed by atoms with Gasteiger partial charge in [-0.3, -0.25) is 4.79 Å². The zero-order chi connectivity index (χ0) is 11.5. The van der Waals surface area contributed by atoms with Crippen molar-refractivity contribution in [3.05, 3.63) is 0 Å². The van der Waals surface area contributed by atoms with E-state index in [1.165, 1.54) is 0 Å². The predicted octanol–water partition coefficient (Wildman–Crippen LogP) is -2.45. The van der Waals surface area contributed by atoms with E-state index in [4.69, 9.17) is 0 Å². The predicted molar refractivity (Wildman–Crippen MR) is 59.6 cm³/mol. The molecule has 4 N–H and O–H groups in total. The van der Waals surface area contributed by atoms with E-state index >= 15 is 0 Å². The summed E-state index contributed by atoms with van der Waals surface area (Å²) in [6.07, 6.45) is 1.51. The summed E-state index contributed by atoms with van der Waals surface area (Å²) >= 11 is 0. The number of piperazine rings is 1. The van der Waals surface area contributed by atoms with Crippen LogP contribution in [0.15, 0.2) is 0 Å². The molecule has 0 saturated carbocycles. The van der Waals surface area contributed by atoms with Crippen molar-refractivity contribution in [2.75, 3.05) is 26.2 Å². The second kappa shape index (κ2) is 5.14. The van der Waals surface area contributed by atoms with Gasteiger partial charge in [-0.2, -0.15) is 0 Å². The summed E-state index contributed by atoms with van der Waals surface area (Å²) in [6.45, 7) is 2.88. The lowest BCUT2D eigenvalue weighted by Gasteiger charge is -2.31. The van der Waals surface area contributed by atoms with Crippen LogP contribution < -0.4 is 10.6 Å². The highest BCUT2D eigenvalue weighted by Crippen LogP contribution is 2.19. The number of likely N-dealkylation sites (tertiary alicyclic amines) is 1. The zero-order valence-electron chi connectivity index (χ0n) is 9.22. The van der Waals surface area contributed by atoms with Gasteiger partial charge in [0, 0.05) is 26.2 Å². The lowest BCUT2D eigenvalue weighted by atomic mass is 9.77. The Morgan fingerprint density at radius 2 is 2.19 bits per heavy atom. The molecule has 0 bridgehead atoms. The van der Waals surface area contributed by atoms with Crippen molar-refractivity contribution >= 4 is 13.0 Å². The van der Waals surface area contributed by atoms with Gasteiger partial charge >= 0.3 is 7.12 Å². The van der Waals surface area contributed by atoms with Crippen molar-refractivity contribution in [3.8, 4) is 0 Å². The molecule has 0 spiro atoms. The quantitative estimate of drug-likeness (QED) is 0.393. The number of hydrogen-bond donors (Lipinski definition) is 4. The maximum absolute atomic E-state index is 12.1. The van der Waals surface area contributed by atoms with Crippen LogP contribution in [-0.4, -0.2) is 66.1 Å². The summed E-state index contributed by atoms with van der Waals surface area (Å²) in [7, 11) is -1.43. The van der Waals surface area contributed by atoms with Crippen LogP contribution in [0.5, 0.6) is 0 Å². The third-order valence-corrected chi connectivity index (χ3v) is 3.27. The van der Waals surface area contributed by atoms with Crippen LogP contribution in [0.1, 0.15) is 12.8 Å². The average molecular weight is 227 g/mol. The van der Waals surface area contributed by atoms with Crippen LogP contribution in [0, 0.1) is 0 Å². The van der Waals surface area contributed by atoms with Crippen molar-refractivity contribution in [2.45, 2.75) is 24.8 Å². The summed E-state index contributed by atoms with van der Waals surface area (Å²) in [5.41, 5.74) is 0. The minimum atomic E-state index is -1.43. The smallest absolute Gasteiger partial charge is 0.426 e. The van der Waals surface area contributed by atoms with E-state index in [9.17, 15) is 14.8 Å². The Kier molecular flexibility index (Phi) is 3.80. The summed E-state index contributed by atoms with van der Waals surface area (Å²) in [6, 6.07) is -0.229. The Balaban J connectivity index is 1.97. The lowest BCUT2D eigenvalue weighted by molar-refractivity contribution is -0.133. The van der Waals surface area contributed by atoms with Gasteiger partial charge in [0.05, 0.1) is 12.0 Å². The van der Waals surface area contributed by atoms with Crippen molar-refractivity contribution in [3.63, 3.8) is 0 Å². The standard InChI is InChI=1S/C9H18BN3O3/c14-9(7-6-11-3-4-12-7)13-5-1-2-8(13)10(15)16/h7-8,11-12,15-16H,1-6H2/t7-,8-/m0/s1. The van der Waals surface area contributed by atoms with Gasteiger partial charge < -0.3 is 25.6 Å². The molecule has 2 fully saturated rings. The van der Waals surface area contributed by atoms with Crippen LogP contribution in [-0.2, 0) is 4.79 Å². The molecule has 7 heteroatoms. The Morgan fingerprint density at radius 3 is 2.81 bits per heavy atom. The molecular formula is C9H18BN3O3. The molecular weight excluding hydrogens is 209 g/mol. The molecule has 0 aromatic rings. The first-order valence-corrected chi connectivity index (χ1v) is 5.81. The third-order valence-electron chi connectivity index (χ3n) is 3.27. The van der Waals surface area contributed by atoms with E-state index in [0.29, 0.717) is 19.5 Å². The largest absolute Gasteiger partial charge is 0.475 e. The molecule has 16 heavy (non-hydrogen) atoms. The third kappa shape index (κ3) is 2.37. The van der Waals surface area contributed by atoms with Crippen LogP contribution in [0.4, 0.5) is 0 Å². The van der Waals surface area contributed by atoms with Gasteiger partial charge in [-0.1, -0.05) is 0 Å². The maximum Gasteiger partial charge on any atom is 0.475 e. The number of nitrogens with one attached hydrogen (secondary N) is 2. The number of nitrogens with zero attached hydrogens (tertiary/aromatic N) is 1. The molecule has 2 atom stereocenters. The Labute approximate surface area is 95.1 Å². The van der Waals surface area contributed by atoms with Gasteiger partial charge in [0.15, 0.2) is 0 Å². The number of carbonyl (C=O) groups is 1. The molecule has 0 aromatic carbocycles. The van der Waals surface area contributed by atoms with Gasteiger partial charge in [0.1, 0.15) is 0 Å². The van der Waals surface area contributed by atoms with Gasteiger partial charge in [-0.25, -0.2) is 0 Å². The molecule has 90 valence electrons. The van der Waals surface area contributed by atoms with Crippen LogP contribution in [0.3, 0.4) is 0 Å². The fraction of sp³-hybridized carbons (Fsp3) is 0.889. The van der Waals surface area contributed by atoms with Crippen molar-refractivity contribution in [1.29, 1.82) is 0 Å². The minimum Gasteiger partial charge on any atom is -0.426 e. The first-order valence-electron chi connectivity index (χ1n) is 5.81. The highest BCUT2D eigenvalue weighted by atomic mass is 16.4. The van der Waals surface area contributed by atoms with Crippen LogP contribution >= 0.6 is 0 Å². The first-order chi connectivity index (χ1) is 7.70. The zero-order valence-corrected chi connectivity index (χ0v) is 9.22. The molecule has 2 rings (SSSR count). The van der Waals surface area contributed by atoms with E-state index < -0.39 is 13.1 Å². The molecule has 6 nitrogen and oxygen atoms in total. The Morgan fingerprint density at radius 1 is 1.38 bits per heavy atom. The second-order valence-electron chi connectivity index (χ2n) is 4.37. The Bertz CT molecular complexity index is 258. The summed E-state index contributed by atoms with van der Waals surface area (Å²) in [4.78, 5) is 13.7. The number of carbonyl (C=O) groups excluding carboxylic acids is 1.